The first-order valence-corrected chi connectivity index (χ1v) is 2.77. The van der Waals surface area contributed by atoms with Crippen LogP contribution in [0.5, 0.6) is 0 Å². The van der Waals surface area contributed by atoms with Gasteiger partial charge in [0.15, 0.2) is 6.29 Å². The standard InChI is InChI=1S/C7H13O2/c1-5-6(2)7(8-3)9-4/h5,7H,1H2,2-4H3. The maximum absolute atomic E-state index is 4.92. The Morgan fingerprint density at radius 3 is 2.00 bits per heavy atom. The minimum absolute atomic E-state index is 0.234. The van der Waals surface area contributed by atoms with E-state index in [0.29, 0.717) is 0 Å². The Bertz CT molecular complexity index is 93.1. The van der Waals surface area contributed by atoms with Crippen LogP contribution in [-0.4, -0.2) is 20.5 Å². The Morgan fingerprint density at radius 2 is 1.89 bits per heavy atom. The van der Waals surface area contributed by atoms with E-state index in [1.54, 1.807) is 20.3 Å². The second kappa shape index (κ2) is 4.53. The van der Waals surface area contributed by atoms with Gasteiger partial charge in [0.05, 0.1) is 0 Å². The van der Waals surface area contributed by atoms with Gasteiger partial charge in [-0.05, 0) is 19.4 Å². The molecule has 0 aromatic rings. The van der Waals surface area contributed by atoms with Crippen molar-refractivity contribution >= 4 is 0 Å². The van der Waals surface area contributed by atoms with E-state index in [9.17, 15) is 0 Å². The summed E-state index contributed by atoms with van der Waals surface area (Å²) in [7, 11) is 3.20. The molecular formula is C7H13O2. The van der Waals surface area contributed by atoms with Gasteiger partial charge in [0.2, 0.25) is 0 Å². The summed E-state index contributed by atoms with van der Waals surface area (Å²) in [6, 6.07) is 0. The van der Waals surface area contributed by atoms with Crippen molar-refractivity contribution in [3.63, 3.8) is 0 Å². The second-order valence-electron chi connectivity index (χ2n) is 1.75. The summed E-state index contributed by atoms with van der Waals surface area (Å²) in [6.07, 6.45) is 1.49. The fraction of sp³-hybridized carbons (Fsp3) is 0.571. The van der Waals surface area contributed by atoms with Crippen LogP contribution in [0.1, 0.15) is 6.92 Å². The maximum atomic E-state index is 4.92. The van der Waals surface area contributed by atoms with Gasteiger partial charge in [0.1, 0.15) is 0 Å². The number of ether oxygens (including phenoxy) is 2. The monoisotopic (exact) mass is 129 g/mol. The van der Waals surface area contributed by atoms with Crippen molar-refractivity contribution < 1.29 is 9.47 Å². The Morgan fingerprint density at radius 1 is 1.44 bits per heavy atom. The number of hydrogen-bond donors (Lipinski definition) is 0. The van der Waals surface area contributed by atoms with Gasteiger partial charge >= 0.3 is 0 Å². The molecule has 0 atom stereocenters. The number of rotatable bonds is 3. The number of allylic oxidation sites excluding steroid dienone is 1. The highest BCUT2D eigenvalue weighted by atomic mass is 16.7. The van der Waals surface area contributed by atoms with Crippen LogP contribution in [0.2, 0.25) is 0 Å². The van der Waals surface area contributed by atoms with Crippen molar-refractivity contribution in [3.8, 4) is 0 Å². The molecule has 2 nitrogen and oxygen atoms in total. The Kier molecular flexibility index (Phi) is 4.36. The molecule has 9 heavy (non-hydrogen) atoms. The summed E-state index contributed by atoms with van der Waals surface area (Å²) in [5, 5.41) is 0. The average molecular weight is 129 g/mol. The molecule has 0 saturated heterocycles. The van der Waals surface area contributed by atoms with Crippen molar-refractivity contribution in [1.82, 2.24) is 0 Å². The quantitative estimate of drug-likeness (QED) is 0.536. The summed E-state index contributed by atoms with van der Waals surface area (Å²) in [5.41, 5.74) is 0.986. The lowest BCUT2D eigenvalue weighted by Crippen LogP contribution is -2.13. The van der Waals surface area contributed by atoms with Gasteiger partial charge in [0, 0.05) is 14.2 Å². The van der Waals surface area contributed by atoms with Crippen LogP contribution in [0.15, 0.2) is 11.6 Å². The van der Waals surface area contributed by atoms with Gasteiger partial charge in [-0.25, -0.2) is 0 Å². The SMILES string of the molecule is [CH2]C=C(C)C(OC)OC. The Labute approximate surface area is 56.5 Å². The molecule has 0 N–H and O–H groups in total. The molecule has 0 rings (SSSR count). The lowest BCUT2D eigenvalue weighted by Gasteiger charge is -2.12. The third kappa shape index (κ3) is 2.63. The summed E-state index contributed by atoms with van der Waals surface area (Å²) < 4.78 is 9.84. The van der Waals surface area contributed by atoms with E-state index in [2.05, 4.69) is 6.92 Å². The molecule has 2 heteroatoms. The normalized spacial score (nSPS) is 12.8. The lowest BCUT2D eigenvalue weighted by molar-refractivity contribution is -0.0746. The molecule has 0 aliphatic carbocycles. The summed E-state index contributed by atoms with van der Waals surface area (Å²) in [6.45, 7) is 5.49. The van der Waals surface area contributed by atoms with E-state index in [1.807, 2.05) is 6.92 Å². The summed E-state index contributed by atoms with van der Waals surface area (Å²) >= 11 is 0. The minimum atomic E-state index is -0.234. The molecule has 0 saturated carbocycles. The molecular weight excluding hydrogens is 116 g/mol. The predicted octanol–water partition coefficient (Wildman–Crippen LogP) is 1.39. The van der Waals surface area contributed by atoms with Crippen LogP contribution >= 0.6 is 0 Å². The minimum Gasteiger partial charge on any atom is -0.352 e. The predicted molar refractivity (Wildman–Crippen MR) is 36.9 cm³/mol. The van der Waals surface area contributed by atoms with Crippen LogP contribution < -0.4 is 0 Å². The Hall–Kier alpha value is -0.340. The van der Waals surface area contributed by atoms with Gasteiger partial charge in [-0.1, -0.05) is 6.08 Å². The molecule has 0 aromatic carbocycles. The first-order chi connectivity index (χ1) is 4.26. The molecule has 0 aromatic heterocycles. The van der Waals surface area contributed by atoms with Crippen molar-refractivity contribution in [2.75, 3.05) is 14.2 Å². The molecule has 0 aliphatic heterocycles. The van der Waals surface area contributed by atoms with E-state index in [4.69, 9.17) is 9.47 Å². The second-order valence-corrected chi connectivity index (χ2v) is 1.75. The van der Waals surface area contributed by atoms with Crippen molar-refractivity contribution in [2.24, 2.45) is 0 Å². The molecule has 0 bridgehead atoms. The van der Waals surface area contributed by atoms with E-state index in [1.165, 1.54) is 0 Å². The van der Waals surface area contributed by atoms with Crippen LogP contribution in [0, 0.1) is 6.92 Å². The zero-order valence-electron chi connectivity index (χ0n) is 6.18. The highest BCUT2D eigenvalue weighted by Crippen LogP contribution is 2.03. The van der Waals surface area contributed by atoms with Crippen LogP contribution in [0.3, 0.4) is 0 Å². The van der Waals surface area contributed by atoms with Crippen LogP contribution in [0.25, 0.3) is 0 Å². The van der Waals surface area contributed by atoms with Crippen molar-refractivity contribution in [2.45, 2.75) is 13.2 Å². The van der Waals surface area contributed by atoms with Gasteiger partial charge in [-0.3, -0.25) is 0 Å². The average Bonchev–Trinajstić information content (AvgIpc) is 1.90. The van der Waals surface area contributed by atoms with Crippen LogP contribution in [0.4, 0.5) is 0 Å². The zero-order chi connectivity index (χ0) is 7.28. The molecule has 0 aliphatic rings. The highest BCUT2D eigenvalue weighted by molar-refractivity contribution is 5.02. The van der Waals surface area contributed by atoms with E-state index < -0.39 is 0 Å². The number of hydrogen-bond acceptors (Lipinski definition) is 2. The maximum Gasteiger partial charge on any atom is 0.178 e. The molecule has 0 unspecified atom stereocenters. The van der Waals surface area contributed by atoms with Crippen LogP contribution in [-0.2, 0) is 9.47 Å². The molecule has 0 fully saturated rings. The summed E-state index contributed by atoms with van der Waals surface area (Å²) in [5.74, 6) is 0. The lowest BCUT2D eigenvalue weighted by atomic mass is 10.3. The largest absolute Gasteiger partial charge is 0.352 e. The Balaban J connectivity index is 3.79. The van der Waals surface area contributed by atoms with Gasteiger partial charge in [-0.15, -0.1) is 0 Å². The third-order valence-electron chi connectivity index (χ3n) is 1.12. The molecule has 0 amide bonds. The molecule has 1 radical (unpaired) electrons. The smallest absolute Gasteiger partial charge is 0.178 e. The zero-order valence-corrected chi connectivity index (χ0v) is 6.18. The van der Waals surface area contributed by atoms with E-state index in [-0.39, 0.29) is 6.29 Å². The first-order valence-electron chi connectivity index (χ1n) is 2.77. The fourth-order valence-electron chi connectivity index (χ4n) is 0.564. The molecule has 0 spiro atoms. The third-order valence-corrected chi connectivity index (χ3v) is 1.12. The summed E-state index contributed by atoms with van der Waals surface area (Å²) in [4.78, 5) is 0. The fourth-order valence-corrected chi connectivity index (χ4v) is 0.564. The first kappa shape index (κ1) is 8.66. The van der Waals surface area contributed by atoms with E-state index >= 15 is 0 Å². The van der Waals surface area contributed by atoms with Gasteiger partial charge in [-0.2, -0.15) is 0 Å². The van der Waals surface area contributed by atoms with Gasteiger partial charge < -0.3 is 9.47 Å². The van der Waals surface area contributed by atoms with Crippen molar-refractivity contribution in [3.05, 3.63) is 18.6 Å². The van der Waals surface area contributed by atoms with Gasteiger partial charge in [0.25, 0.3) is 0 Å². The topological polar surface area (TPSA) is 18.5 Å². The molecule has 53 valence electrons. The number of methoxy groups -OCH3 is 2. The van der Waals surface area contributed by atoms with Crippen molar-refractivity contribution in [1.29, 1.82) is 0 Å². The van der Waals surface area contributed by atoms with E-state index in [0.717, 1.165) is 5.57 Å². The highest BCUT2D eigenvalue weighted by Gasteiger charge is 2.04. The molecule has 0 heterocycles.